The maximum Gasteiger partial charge on any atom is 0.246 e. The third-order valence-electron chi connectivity index (χ3n) is 4.50. The van der Waals surface area contributed by atoms with Gasteiger partial charge in [0, 0.05) is 52.4 Å². The van der Waals surface area contributed by atoms with Crippen LogP contribution in [0.2, 0.25) is 0 Å². The molecule has 0 spiro atoms. The molecule has 0 radical (unpaired) electrons. The summed E-state index contributed by atoms with van der Waals surface area (Å²) in [7, 11) is 3.89. The lowest BCUT2D eigenvalue weighted by Gasteiger charge is -2.34. The smallest absolute Gasteiger partial charge is 0.246 e. The predicted molar refractivity (Wildman–Crippen MR) is 84.1 cm³/mol. The van der Waals surface area contributed by atoms with Crippen LogP contribution < -0.4 is 0 Å². The number of piperazine rings is 1. The van der Waals surface area contributed by atoms with Gasteiger partial charge in [-0.05, 0) is 32.7 Å². The Kier molecular flexibility index (Phi) is 5.79. The summed E-state index contributed by atoms with van der Waals surface area (Å²) in [6.07, 6.45) is 3.69. The lowest BCUT2D eigenvalue weighted by Crippen LogP contribution is -2.48. The summed E-state index contributed by atoms with van der Waals surface area (Å²) >= 11 is 0. The van der Waals surface area contributed by atoms with Gasteiger partial charge in [-0.2, -0.15) is 0 Å². The summed E-state index contributed by atoms with van der Waals surface area (Å²) in [4.78, 5) is 18.3. The molecule has 2 fully saturated rings. The van der Waals surface area contributed by atoms with Crippen molar-refractivity contribution in [3.63, 3.8) is 0 Å². The van der Waals surface area contributed by atoms with Gasteiger partial charge in [0.2, 0.25) is 5.91 Å². The number of rotatable bonds is 6. The summed E-state index contributed by atoms with van der Waals surface area (Å²) in [5.74, 6) is 0.634. The normalized spacial score (nSPS) is 23.1. The summed E-state index contributed by atoms with van der Waals surface area (Å²) < 4.78 is 0. The van der Waals surface area contributed by atoms with Crippen LogP contribution in [0.5, 0.6) is 0 Å². The van der Waals surface area contributed by atoms with Crippen LogP contribution in [0.25, 0.3) is 0 Å². The Balaban J connectivity index is 1.72. The number of nitrogens with zero attached hydrogens (tertiary/aromatic N) is 3. The fourth-order valence-corrected chi connectivity index (χ4v) is 2.75. The number of hydrogen-bond donors (Lipinski definition) is 1. The van der Waals surface area contributed by atoms with E-state index in [1.165, 1.54) is 18.4 Å². The third kappa shape index (κ3) is 5.41. The minimum Gasteiger partial charge on any atom is -0.390 e. The third-order valence-corrected chi connectivity index (χ3v) is 4.50. The van der Waals surface area contributed by atoms with Crippen LogP contribution in [0, 0.1) is 5.92 Å². The summed E-state index contributed by atoms with van der Waals surface area (Å²) in [6.45, 7) is 7.16. The summed E-state index contributed by atoms with van der Waals surface area (Å²) in [5, 5.41) is 10.2. The molecule has 1 N–H and O–H groups in total. The van der Waals surface area contributed by atoms with Crippen molar-refractivity contribution in [3.8, 4) is 0 Å². The van der Waals surface area contributed by atoms with E-state index in [1.54, 1.807) is 18.0 Å². The molecule has 2 rings (SSSR count). The topological polar surface area (TPSA) is 47.0 Å². The van der Waals surface area contributed by atoms with Gasteiger partial charge in [-0.25, -0.2) is 0 Å². The highest BCUT2D eigenvalue weighted by Gasteiger charge is 2.24. The number of allylic oxidation sites excluding steroid dienone is 1. The number of likely N-dealkylation sites (N-methyl/N-ethyl adjacent to an activating group) is 2. The molecular formula is C16H29N3O2. The average Bonchev–Trinajstić information content (AvgIpc) is 3.25. The Morgan fingerprint density at radius 3 is 2.52 bits per heavy atom. The molecule has 1 saturated heterocycles. The molecule has 0 aromatic rings. The fraction of sp³-hybridized carbons (Fsp3) is 0.812. The molecule has 5 heteroatoms. The van der Waals surface area contributed by atoms with Gasteiger partial charge in [0.25, 0.3) is 0 Å². The van der Waals surface area contributed by atoms with Crippen LogP contribution >= 0.6 is 0 Å². The molecule has 1 unspecified atom stereocenters. The first-order chi connectivity index (χ1) is 9.95. The van der Waals surface area contributed by atoms with Crippen molar-refractivity contribution in [3.05, 3.63) is 11.6 Å². The maximum absolute atomic E-state index is 12.1. The van der Waals surface area contributed by atoms with Crippen LogP contribution in [0.15, 0.2) is 11.6 Å². The first-order valence-electron chi connectivity index (χ1n) is 7.98. The highest BCUT2D eigenvalue weighted by molar-refractivity contribution is 5.88. The van der Waals surface area contributed by atoms with Gasteiger partial charge >= 0.3 is 0 Å². The van der Waals surface area contributed by atoms with Crippen molar-refractivity contribution < 1.29 is 9.90 Å². The maximum atomic E-state index is 12.1. The van der Waals surface area contributed by atoms with Gasteiger partial charge in [-0.3, -0.25) is 9.69 Å². The van der Waals surface area contributed by atoms with E-state index in [2.05, 4.69) is 16.8 Å². The summed E-state index contributed by atoms with van der Waals surface area (Å²) in [5.41, 5.74) is 1.18. The molecule has 1 aliphatic carbocycles. The van der Waals surface area contributed by atoms with Crippen molar-refractivity contribution >= 4 is 5.91 Å². The van der Waals surface area contributed by atoms with Gasteiger partial charge in [0.1, 0.15) is 0 Å². The molecule has 1 atom stereocenters. The first-order valence-corrected chi connectivity index (χ1v) is 7.98. The van der Waals surface area contributed by atoms with Crippen LogP contribution in [0.1, 0.15) is 19.8 Å². The lowest BCUT2D eigenvalue weighted by molar-refractivity contribution is -0.126. The van der Waals surface area contributed by atoms with Gasteiger partial charge in [-0.1, -0.05) is 5.57 Å². The standard InChI is InChI=1S/C16H29N3O2/c1-13(14-4-5-14)10-16(21)18(3)11-15(20)12-19-8-6-17(2)7-9-19/h10,14-15,20H,4-9,11-12H2,1-3H3/b13-10-. The second-order valence-electron chi connectivity index (χ2n) is 6.64. The lowest BCUT2D eigenvalue weighted by atomic mass is 10.2. The van der Waals surface area contributed by atoms with Crippen LogP contribution in [-0.2, 0) is 4.79 Å². The molecular weight excluding hydrogens is 266 g/mol. The van der Waals surface area contributed by atoms with Gasteiger partial charge in [0.15, 0.2) is 0 Å². The molecule has 5 nitrogen and oxygen atoms in total. The van der Waals surface area contributed by atoms with E-state index >= 15 is 0 Å². The van der Waals surface area contributed by atoms with E-state index in [1.807, 2.05) is 6.92 Å². The second-order valence-corrected chi connectivity index (χ2v) is 6.64. The molecule has 21 heavy (non-hydrogen) atoms. The van der Waals surface area contributed by atoms with Crippen molar-refractivity contribution in [2.75, 3.05) is 53.4 Å². The largest absolute Gasteiger partial charge is 0.390 e. The highest BCUT2D eigenvalue weighted by Crippen LogP contribution is 2.35. The number of hydrogen-bond acceptors (Lipinski definition) is 4. The van der Waals surface area contributed by atoms with Crippen molar-refractivity contribution in [2.45, 2.75) is 25.9 Å². The number of carbonyl (C=O) groups excluding carboxylic acids is 1. The van der Waals surface area contributed by atoms with Gasteiger partial charge in [-0.15, -0.1) is 0 Å². The molecule has 0 aromatic carbocycles. The Morgan fingerprint density at radius 1 is 1.33 bits per heavy atom. The van der Waals surface area contributed by atoms with Crippen LogP contribution in [0.3, 0.4) is 0 Å². The molecule has 2 aliphatic rings. The number of amides is 1. The monoisotopic (exact) mass is 295 g/mol. The fourth-order valence-electron chi connectivity index (χ4n) is 2.75. The number of carbonyl (C=O) groups is 1. The van der Waals surface area contributed by atoms with Gasteiger partial charge < -0.3 is 14.9 Å². The quantitative estimate of drug-likeness (QED) is 0.721. The van der Waals surface area contributed by atoms with E-state index in [9.17, 15) is 9.90 Å². The zero-order valence-electron chi connectivity index (χ0n) is 13.6. The highest BCUT2D eigenvalue weighted by atomic mass is 16.3. The zero-order valence-corrected chi connectivity index (χ0v) is 13.6. The molecule has 1 saturated carbocycles. The predicted octanol–water partition coefficient (Wildman–Crippen LogP) is 0.409. The van der Waals surface area contributed by atoms with E-state index < -0.39 is 6.10 Å². The number of β-amino-alcohol motifs (C(OH)–C–C–N with tert-alkyl or cyclic N) is 1. The Hall–Kier alpha value is -0.910. The van der Waals surface area contributed by atoms with E-state index in [-0.39, 0.29) is 5.91 Å². The van der Waals surface area contributed by atoms with Crippen LogP contribution in [0.4, 0.5) is 0 Å². The SMILES string of the molecule is C/C(=C/C(=O)N(C)CC(O)CN1CCN(C)CC1)C1CC1. The number of aliphatic hydroxyl groups excluding tert-OH is 1. The average molecular weight is 295 g/mol. The first kappa shape index (κ1) is 16.5. The Labute approximate surface area is 128 Å². The minimum atomic E-state index is -0.475. The molecule has 0 bridgehead atoms. The molecule has 1 amide bonds. The molecule has 0 aromatic heterocycles. The zero-order chi connectivity index (χ0) is 15.4. The Morgan fingerprint density at radius 2 is 1.95 bits per heavy atom. The van der Waals surface area contributed by atoms with Crippen LogP contribution in [-0.4, -0.2) is 85.2 Å². The number of aliphatic hydroxyl groups is 1. The molecule has 120 valence electrons. The molecule has 1 heterocycles. The van der Waals surface area contributed by atoms with E-state index in [0.717, 1.165) is 26.2 Å². The van der Waals surface area contributed by atoms with Crippen molar-refractivity contribution in [2.24, 2.45) is 5.92 Å². The minimum absolute atomic E-state index is 0.0110. The van der Waals surface area contributed by atoms with Crippen molar-refractivity contribution in [1.82, 2.24) is 14.7 Å². The van der Waals surface area contributed by atoms with E-state index in [0.29, 0.717) is 19.0 Å². The van der Waals surface area contributed by atoms with E-state index in [4.69, 9.17) is 0 Å². The Bertz CT molecular complexity index is 385. The second kappa shape index (κ2) is 7.38. The van der Waals surface area contributed by atoms with Gasteiger partial charge in [0.05, 0.1) is 6.10 Å². The molecule has 1 aliphatic heterocycles. The summed E-state index contributed by atoms with van der Waals surface area (Å²) in [6, 6.07) is 0. The van der Waals surface area contributed by atoms with Crippen molar-refractivity contribution in [1.29, 1.82) is 0 Å².